The van der Waals surface area contributed by atoms with E-state index in [4.69, 9.17) is 34.8 Å². The van der Waals surface area contributed by atoms with Gasteiger partial charge in [-0.05, 0) is 37.3 Å². The zero-order chi connectivity index (χ0) is 14.7. The Hall–Kier alpha value is -1.29. The van der Waals surface area contributed by atoms with Crippen molar-refractivity contribution in [2.24, 2.45) is 0 Å². The highest BCUT2D eigenvalue weighted by molar-refractivity contribution is 6.37. The second-order valence-electron chi connectivity index (χ2n) is 4.04. The molecule has 0 atom stereocenters. The van der Waals surface area contributed by atoms with E-state index in [-0.39, 0.29) is 5.78 Å². The first-order valence-electron chi connectivity index (χ1n) is 5.91. The predicted molar refractivity (Wildman–Crippen MR) is 82.7 cm³/mol. The molecular formula is C14H11Cl3N2O. The third-order valence-electron chi connectivity index (χ3n) is 2.66. The number of benzene rings is 1. The fraction of sp³-hybridized carbons (Fsp3) is 0.143. The van der Waals surface area contributed by atoms with Crippen molar-refractivity contribution in [1.82, 2.24) is 9.78 Å². The maximum Gasteiger partial charge on any atom is 0.187 e. The molecule has 0 saturated heterocycles. The van der Waals surface area contributed by atoms with Gasteiger partial charge < -0.3 is 0 Å². The second-order valence-corrected chi connectivity index (χ2v) is 5.29. The number of aromatic nitrogens is 2. The highest BCUT2D eigenvalue weighted by Crippen LogP contribution is 2.22. The van der Waals surface area contributed by atoms with E-state index in [2.05, 4.69) is 5.10 Å². The van der Waals surface area contributed by atoms with Crippen LogP contribution in [0.1, 0.15) is 23.0 Å². The van der Waals surface area contributed by atoms with Crippen LogP contribution in [0.2, 0.25) is 15.1 Å². The summed E-state index contributed by atoms with van der Waals surface area (Å²) in [5.74, 6) is -0.228. The summed E-state index contributed by atoms with van der Waals surface area (Å²) in [7, 11) is 0. The molecule has 2 aromatic rings. The monoisotopic (exact) mass is 328 g/mol. The quantitative estimate of drug-likeness (QED) is 0.599. The van der Waals surface area contributed by atoms with Crippen LogP contribution in [0.25, 0.3) is 6.08 Å². The smallest absolute Gasteiger partial charge is 0.187 e. The minimum atomic E-state index is -0.228. The van der Waals surface area contributed by atoms with E-state index in [0.717, 1.165) is 0 Å². The Morgan fingerprint density at radius 3 is 2.65 bits per heavy atom. The summed E-state index contributed by atoms with van der Waals surface area (Å²) in [5, 5.41) is 5.52. The fourth-order valence-electron chi connectivity index (χ4n) is 1.62. The van der Waals surface area contributed by atoms with Gasteiger partial charge in [0.25, 0.3) is 0 Å². The van der Waals surface area contributed by atoms with Crippen molar-refractivity contribution < 1.29 is 4.79 Å². The molecule has 104 valence electrons. The molecule has 0 aliphatic heterocycles. The zero-order valence-electron chi connectivity index (χ0n) is 10.6. The average Bonchev–Trinajstić information content (AvgIpc) is 2.76. The molecule has 0 amide bonds. The molecule has 0 N–H and O–H groups in total. The summed E-state index contributed by atoms with van der Waals surface area (Å²) < 4.78 is 1.70. The van der Waals surface area contributed by atoms with Crippen molar-refractivity contribution in [3.05, 3.63) is 56.8 Å². The molecule has 6 heteroatoms. The Morgan fingerprint density at radius 2 is 2.05 bits per heavy atom. The molecule has 0 fully saturated rings. The van der Waals surface area contributed by atoms with Crippen molar-refractivity contribution in [3.63, 3.8) is 0 Å². The number of allylic oxidation sites excluding steroid dienone is 1. The third kappa shape index (κ3) is 3.42. The van der Waals surface area contributed by atoms with Gasteiger partial charge in [-0.2, -0.15) is 5.10 Å². The fourth-order valence-corrected chi connectivity index (χ4v) is 2.34. The molecule has 1 aromatic heterocycles. The van der Waals surface area contributed by atoms with Gasteiger partial charge in [0.1, 0.15) is 5.69 Å². The molecule has 1 aromatic carbocycles. The molecule has 3 nitrogen and oxygen atoms in total. The number of carbonyl (C=O) groups excluding carboxylic acids is 1. The Morgan fingerprint density at radius 1 is 1.30 bits per heavy atom. The highest BCUT2D eigenvalue weighted by Gasteiger charge is 2.09. The standard InChI is InChI=1S/C14H11Cl3N2O/c1-2-19-8-12(17)13(18-19)5-6-14(20)10-4-3-9(15)7-11(10)16/h3-8H,2H2,1H3/b6-5+. The molecule has 0 aliphatic carbocycles. The molecule has 1 heterocycles. The number of halogens is 3. The summed E-state index contributed by atoms with van der Waals surface area (Å²) in [6.45, 7) is 2.67. The number of rotatable bonds is 4. The minimum absolute atomic E-state index is 0.228. The Bertz CT molecular complexity index is 677. The second kappa shape index (κ2) is 6.44. The van der Waals surface area contributed by atoms with Crippen molar-refractivity contribution in [2.45, 2.75) is 13.5 Å². The normalized spacial score (nSPS) is 11.2. The third-order valence-corrected chi connectivity index (χ3v) is 3.50. The predicted octanol–water partition coefficient (Wildman–Crippen LogP) is 4.76. The van der Waals surface area contributed by atoms with E-state index in [1.54, 1.807) is 29.1 Å². The first-order valence-corrected chi connectivity index (χ1v) is 7.05. The summed E-state index contributed by atoms with van der Waals surface area (Å²) in [4.78, 5) is 12.0. The molecule has 0 aliphatic rings. The lowest BCUT2D eigenvalue weighted by Crippen LogP contribution is -1.96. The molecule has 0 bridgehead atoms. The maximum absolute atomic E-state index is 12.0. The lowest BCUT2D eigenvalue weighted by atomic mass is 10.1. The van der Waals surface area contributed by atoms with Gasteiger partial charge in [-0.3, -0.25) is 9.48 Å². The van der Waals surface area contributed by atoms with Crippen molar-refractivity contribution in [1.29, 1.82) is 0 Å². The molecule has 0 spiro atoms. The van der Waals surface area contributed by atoms with Gasteiger partial charge in [-0.25, -0.2) is 0 Å². The number of ketones is 1. The minimum Gasteiger partial charge on any atom is -0.289 e. The largest absolute Gasteiger partial charge is 0.289 e. The van der Waals surface area contributed by atoms with E-state index in [0.29, 0.717) is 32.9 Å². The van der Waals surface area contributed by atoms with Crippen LogP contribution in [-0.4, -0.2) is 15.6 Å². The SMILES string of the molecule is CCn1cc(Cl)c(/C=C/C(=O)c2ccc(Cl)cc2Cl)n1. The van der Waals surface area contributed by atoms with Gasteiger partial charge in [-0.1, -0.05) is 34.8 Å². The summed E-state index contributed by atoms with van der Waals surface area (Å²) >= 11 is 17.8. The maximum atomic E-state index is 12.0. The molecule has 0 saturated carbocycles. The highest BCUT2D eigenvalue weighted by atomic mass is 35.5. The van der Waals surface area contributed by atoms with Gasteiger partial charge >= 0.3 is 0 Å². The molecule has 20 heavy (non-hydrogen) atoms. The van der Waals surface area contributed by atoms with Crippen LogP contribution in [0.3, 0.4) is 0 Å². The van der Waals surface area contributed by atoms with E-state index in [1.165, 1.54) is 12.1 Å². The van der Waals surface area contributed by atoms with Crippen LogP contribution in [0, 0.1) is 0 Å². The zero-order valence-corrected chi connectivity index (χ0v) is 12.9. The summed E-state index contributed by atoms with van der Waals surface area (Å²) in [6.07, 6.45) is 4.67. The molecule has 0 unspecified atom stereocenters. The van der Waals surface area contributed by atoms with Gasteiger partial charge in [0.05, 0.1) is 10.0 Å². The van der Waals surface area contributed by atoms with Crippen LogP contribution >= 0.6 is 34.8 Å². The number of carbonyl (C=O) groups is 1. The Kier molecular flexibility index (Phi) is 4.86. The average molecular weight is 330 g/mol. The van der Waals surface area contributed by atoms with Crippen LogP contribution in [0.15, 0.2) is 30.5 Å². The lowest BCUT2D eigenvalue weighted by Gasteiger charge is -1.99. The van der Waals surface area contributed by atoms with E-state index in [1.807, 2.05) is 6.92 Å². The number of aryl methyl sites for hydroxylation is 1. The van der Waals surface area contributed by atoms with Crippen molar-refractivity contribution >= 4 is 46.7 Å². The van der Waals surface area contributed by atoms with E-state index < -0.39 is 0 Å². The van der Waals surface area contributed by atoms with Crippen LogP contribution < -0.4 is 0 Å². The van der Waals surface area contributed by atoms with Gasteiger partial charge in [0.15, 0.2) is 5.78 Å². The van der Waals surface area contributed by atoms with Crippen molar-refractivity contribution in [3.8, 4) is 0 Å². The van der Waals surface area contributed by atoms with Crippen molar-refractivity contribution in [2.75, 3.05) is 0 Å². The van der Waals surface area contributed by atoms with Gasteiger partial charge in [-0.15, -0.1) is 0 Å². The van der Waals surface area contributed by atoms with E-state index in [9.17, 15) is 4.79 Å². The Balaban J connectivity index is 2.22. The van der Waals surface area contributed by atoms with Crippen LogP contribution in [0.4, 0.5) is 0 Å². The first-order chi connectivity index (χ1) is 9.51. The van der Waals surface area contributed by atoms with Gasteiger partial charge in [0, 0.05) is 23.3 Å². The van der Waals surface area contributed by atoms with Gasteiger partial charge in [0.2, 0.25) is 0 Å². The van der Waals surface area contributed by atoms with Crippen LogP contribution in [0.5, 0.6) is 0 Å². The van der Waals surface area contributed by atoms with E-state index >= 15 is 0 Å². The topological polar surface area (TPSA) is 34.9 Å². The Labute approximate surface area is 131 Å². The van der Waals surface area contributed by atoms with Crippen LogP contribution in [-0.2, 0) is 6.54 Å². The summed E-state index contributed by atoms with van der Waals surface area (Å²) in [5.41, 5.74) is 0.935. The first kappa shape index (κ1) is 15.1. The number of hydrogen-bond acceptors (Lipinski definition) is 2. The number of hydrogen-bond donors (Lipinski definition) is 0. The number of nitrogens with zero attached hydrogens (tertiary/aromatic N) is 2. The molecule has 2 rings (SSSR count). The lowest BCUT2D eigenvalue weighted by molar-refractivity contribution is 0.104. The summed E-state index contributed by atoms with van der Waals surface area (Å²) in [6, 6.07) is 4.74. The molecular weight excluding hydrogens is 319 g/mol. The molecule has 0 radical (unpaired) electrons.